The molecule has 0 amide bonds. The third-order valence-corrected chi connectivity index (χ3v) is 4.02. The minimum absolute atomic E-state index is 0.236. The summed E-state index contributed by atoms with van der Waals surface area (Å²) in [6.45, 7) is 10.5. The van der Waals surface area contributed by atoms with Gasteiger partial charge in [-0.2, -0.15) is 0 Å². The Morgan fingerprint density at radius 2 is 2.00 bits per heavy atom. The highest BCUT2D eigenvalue weighted by atomic mass is 35.5. The second-order valence-corrected chi connectivity index (χ2v) is 5.59. The van der Waals surface area contributed by atoms with Gasteiger partial charge in [-0.25, -0.2) is 4.39 Å². The Labute approximate surface area is 127 Å². The van der Waals surface area contributed by atoms with Gasteiger partial charge in [-0.1, -0.05) is 25.4 Å². The minimum Gasteiger partial charge on any atom is -0.310 e. The molecule has 0 fully saturated rings. The smallest absolute Gasteiger partial charge is 0.123 e. The largest absolute Gasteiger partial charge is 0.310 e. The Balaban J connectivity index is 2.29. The van der Waals surface area contributed by atoms with Crippen molar-refractivity contribution in [1.82, 2.24) is 10.2 Å². The van der Waals surface area contributed by atoms with Crippen molar-refractivity contribution in [3.8, 4) is 0 Å². The molecule has 1 unspecified atom stereocenters. The van der Waals surface area contributed by atoms with Crippen molar-refractivity contribution < 1.29 is 4.39 Å². The second-order valence-electron chi connectivity index (χ2n) is 5.19. The monoisotopic (exact) mass is 300 g/mol. The highest BCUT2D eigenvalue weighted by Gasteiger charge is 2.06. The maximum atomic E-state index is 13.1. The van der Waals surface area contributed by atoms with Crippen molar-refractivity contribution in [2.45, 2.75) is 46.2 Å². The van der Waals surface area contributed by atoms with Crippen LogP contribution in [0.4, 0.5) is 4.39 Å². The van der Waals surface area contributed by atoms with Crippen LogP contribution in [0.3, 0.4) is 0 Å². The molecule has 0 aliphatic heterocycles. The topological polar surface area (TPSA) is 15.3 Å². The molecule has 0 bridgehead atoms. The number of benzene rings is 1. The van der Waals surface area contributed by atoms with Crippen molar-refractivity contribution in [3.05, 3.63) is 34.6 Å². The van der Waals surface area contributed by atoms with E-state index in [4.69, 9.17) is 11.6 Å². The van der Waals surface area contributed by atoms with Crippen LogP contribution >= 0.6 is 11.6 Å². The molecule has 0 saturated heterocycles. The molecule has 1 rings (SSSR count). The number of nitrogens with one attached hydrogen (secondary N) is 1. The van der Waals surface area contributed by atoms with E-state index in [0.717, 1.165) is 31.6 Å². The molecule has 0 radical (unpaired) electrons. The van der Waals surface area contributed by atoms with Gasteiger partial charge in [0.05, 0.1) is 0 Å². The van der Waals surface area contributed by atoms with Crippen LogP contribution in [0.15, 0.2) is 18.2 Å². The first kappa shape index (κ1) is 17.4. The predicted octanol–water partition coefficient (Wildman–Crippen LogP) is 4.08. The molecule has 20 heavy (non-hydrogen) atoms. The summed E-state index contributed by atoms with van der Waals surface area (Å²) in [5, 5.41) is 4.03. The Hall–Kier alpha value is -0.640. The summed E-state index contributed by atoms with van der Waals surface area (Å²) in [5.41, 5.74) is 0.822. The molecule has 114 valence electrons. The molecule has 0 spiro atoms. The first-order valence-electron chi connectivity index (χ1n) is 7.46. The van der Waals surface area contributed by atoms with Crippen molar-refractivity contribution in [1.29, 1.82) is 0 Å². The summed E-state index contributed by atoms with van der Waals surface area (Å²) in [6.07, 6.45) is 2.29. The van der Waals surface area contributed by atoms with E-state index in [1.807, 2.05) is 0 Å². The van der Waals surface area contributed by atoms with E-state index in [1.165, 1.54) is 18.6 Å². The molecule has 1 aromatic rings. The lowest BCUT2D eigenvalue weighted by atomic mass is 10.1. The summed E-state index contributed by atoms with van der Waals surface area (Å²) in [4.78, 5) is 2.43. The van der Waals surface area contributed by atoms with Crippen LogP contribution in [-0.2, 0) is 6.54 Å². The molecular formula is C16H26ClFN2. The van der Waals surface area contributed by atoms with Gasteiger partial charge in [0.2, 0.25) is 0 Å². The standard InChI is InChI=1S/C16H26ClFN2/c1-4-20(5-2)10-6-7-13(3)19-12-14-11-15(18)8-9-16(14)17/h8-9,11,13,19H,4-7,10,12H2,1-3H3. The van der Waals surface area contributed by atoms with Gasteiger partial charge in [0.15, 0.2) is 0 Å². The number of rotatable bonds is 9. The van der Waals surface area contributed by atoms with Gasteiger partial charge < -0.3 is 10.2 Å². The van der Waals surface area contributed by atoms with Crippen LogP contribution in [0.2, 0.25) is 5.02 Å². The zero-order valence-electron chi connectivity index (χ0n) is 12.8. The van der Waals surface area contributed by atoms with Crippen molar-refractivity contribution in [3.63, 3.8) is 0 Å². The molecule has 2 nitrogen and oxygen atoms in total. The van der Waals surface area contributed by atoms with Gasteiger partial charge in [-0.05, 0) is 63.2 Å². The van der Waals surface area contributed by atoms with Crippen molar-refractivity contribution in [2.24, 2.45) is 0 Å². The summed E-state index contributed by atoms with van der Waals surface area (Å²) >= 11 is 6.05. The minimum atomic E-state index is -0.236. The summed E-state index contributed by atoms with van der Waals surface area (Å²) in [6, 6.07) is 4.90. The number of halogens is 2. The first-order chi connectivity index (χ1) is 9.56. The van der Waals surface area contributed by atoms with Crippen LogP contribution in [0.5, 0.6) is 0 Å². The van der Waals surface area contributed by atoms with Crippen LogP contribution in [-0.4, -0.2) is 30.6 Å². The summed E-state index contributed by atoms with van der Waals surface area (Å²) in [5.74, 6) is -0.236. The third-order valence-electron chi connectivity index (χ3n) is 3.65. The van der Waals surface area contributed by atoms with Crippen LogP contribution in [0, 0.1) is 5.82 Å². The van der Waals surface area contributed by atoms with Crippen molar-refractivity contribution in [2.75, 3.05) is 19.6 Å². The van der Waals surface area contributed by atoms with Gasteiger partial charge in [-0.3, -0.25) is 0 Å². The van der Waals surface area contributed by atoms with Gasteiger partial charge in [0, 0.05) is 17.6 Å². The third kappa shape index (κ3) is 6.21. The van der Waals surface area contributed by atoms with Gasteiger partial charge >= 0.3 is 0 Å². The molecule has 0 saturated carbocycles. The zero-order chi connectivity index (χ0) is 15.0. The lowest BCUT2D eigenvalue weighted by Crippen LogP contribution is -2.28. The fourth-order valence-electron chi connectivity index (χ4n) is 2.23. The molecule has 0 aliphatic carbocycles. The van der Waals surface area contributed by atoms with Gasteiger partial charge in [-0.15, -0.1) is 0 Å². The average Bonchev–Trinajstić information content (AvgIpc) is 2.44. The van der Waals surface area contributed by atoms with E-state index in [2.05, 4.69) is 31.0 Å². The van der Waals surface area contributed by atoms with Crippen LogP contribution in [0.25, 0.3) is 0 Å². The first-order valence-corrected chi connectivity index (χ1v) is 7.84. The second kappa shape index (κ2) is 9.32. The summed E-state index contributed by atoms with van der Waals surface area (Å²) in [7, 11) is 0. The van der Waals surface area contributed by atoms with Gasteiger partial charge in [0.1, 0.15) is 5.82 Å². The fraction of sp³-hybridized carbons (Fsp3) is 0.625. The average molecular weight is 301 g/mol. The SMILES string of the molecule is CCN(CC)CCCC(C)NCc1cc(F)ccc1Cl. The number of hydrogen-bond donors (Lipinski definition) is 1. The molecule has 1 aromatic carbocycles. The van der Waals surface area contributed by atoms with E-state index in [9.17, 15) is 4.39 Å². The quantitative estimate of drug-likeness (QED) is 0.739. The highest BCUT2D eigenvalue weighted by Crippen LogP contribution is 2.17. The lowest BCUT2D eigenvalue weighted by Gasteiger charge is -2.20. The molecule has 0 heterocycles. The van der Waals surface area contributed by atoms with Crippen molar-refractivity contribution >= 4 is 11.6 Å². The Morgan fingerprint density at radius 3 is 2.65 bits per heavy atom. The molecular weight excluding hydrogens is 275 g/mol. The molecule has 0 aliphatic rings. The van der Waals surface area contributed by atoms with Crippen LogP contribution in [0.1, 0.15) is 39.2 Å². The van der Waals surface area contributed by atoms with Crippen LogP contribution < -0.4 is 5.32 Å². The number of nitrogens with zero attached hydrogens (tertiary/aromatic N) is 1. The van der Waals surface area contributed by atoms with E-state index in [0.29, 0.717) is 17.6 Å². The highest BCUT2D eigenvalue weighted by molar-refractivity contribution is 6.31. The summed E-state index contributed by atoms with van der Waals surface area (Å²) < 4.78 is 13.1. The molecule has 4 heteroatoms. The Bertz CT molecular complexity index is 394. The molecule has 1 atom stereocenters. The maximum Gasteiger partial charge on any atom is 0.123 e. The van der Waals surface area contributed by atoms with Gasteiger partial charge in [0.25, 0.3) is 0 Å². The predicted molar refractivity (Wildman–Crippen MR) is 84.7 cm³/mol. The lowest BCUT2D eigenvalue weighted by molar-refractivity contribution is 0.290. The Kier molecular flexibility index (Phi) is 8.12. The Morgan fingerprint density at radius 1 is 1.30 bits per heavy atom. The fourth-order valence-corrected chi connectivity index (χ4v) is 2.41. The molecule has 0 aromatic heterocycles. The normalized spacial score (nSPS) is 12.9. The zero-order valence-corrected chi connectivity index (χ0v) is 13.5. The van der Waals surface area contributed by atoms with E-state index in [-0.39, 0.29) is 5.82 Å². The maximum absolute atomic E-state index is 13.1. The van der Waals surface area contributed by atoms with E-state index in [1.54, 1.807) is 6.07 Å². The van der Waals surface area contributed by atoms with E-state index < -0.39 is 0 Å². The number of hydrogen-bond acceptors (Lipinski definition) is 2. The van der Waals surface area contributed by atoms with E-state index >= 15 is 0 Å². The molecule has 1 N–H and O–H groups in total.